The molecule has 0 radical (unpaired) electrons. The van der Waals surface area contributed by atoms with Crippen LogP contribution in [0.25, 0.3) is 11.3 Å². The fraction of sp³-hybridized carbons (Fsp3) is 0.571. The summed E-state index contributed by atoms with van der Waals surface area (Å²) in [4.78, 5) is 35.8. The Hall–Kier alpha value is -3.21. The van der Waals surface area contributed by atoms with Crippen LogP contribution in [0.15, 0.2) is 18.5 Å². The zero-order valence-electron chi connectivity index (χ0n) is 18.2. The Balaban J connectivity index is 1.30. The number of rotatable bonds is 5. The number of hydrogen-bond donors (Lipinski definition) is 1. The van der Waals surface area contributed by atoms with Gasteiger partial charge in [0, 0.05) is 76.1 Å². The Morgan fingerprint density at radius 1 is 1.16 bits per heavy atom. The molecule has 2 aliphatic heterocycles. The molecule has 0 atom stereocenters. The Morgan fingerprint density at radius 2 is 1.88 bits per heavy atom. The van der Waals surface area contributed by atoms with E-state index in [0.717, 1.165) is 51.0 Å². The molecule has 2 saturated heterocycles. The highest BCUT2D eigenvalue weighted by Crippen LogP contribution is 2.32. The van der Waals surface area contributed by atoms with E-state index in [9.17, 15) is 4.79 Å². The molecule has 2 aromatic rings. The Bertz CT molecular complexity index is 956. The minimum Gasteiger partial charge on any atom is -0.474 e. The van der Waals surface area contributed by atoms with E-state index in [4.69, 9.17) is 20.2 Å². The quantitative estimate of drug-likeness (QED) is 0.726. The summed E-state index contributed by atoms with van der Waals surface area (Å²) in [5, 5.41) is 0. The van der Waals surface area contributed by atoms with Crippen molar-refractivity contribution in [2.75, 3.05) is 57.1 Å². The van der Waals surface area contributed by atoms with Gasteiger partial charge in [0.05, 0.1) is 18.9 Å². The van der Waals surface area contributed by atoms with Crippen molar-refractivity contribution in [3.05, 3.63) is 18.5 Å². The normalized spacial score (nSPS) is 22.7. The number of amides is 2. The number of hydrogen-bond acceptors (Lipinski definition) is 9. The van der Waals surface area contributed by atoms with E-state index < -0.39 is 0 Å². The molecule has 3 aliphatic rings. The van der Waals surface area contributed by atoms with Gasteiger partial charge in [-0.3, -0.25) is 0 Å². The van der Waals surface area contributed by atoms with E-state index >= 15 is 0 Å². The van der Waals surface area contributed by atoms with Crippen LogP contribution in [0, 0.1) is 0 Å². The third-order valence-electron chi connectivity index (χ3n) is 6.29. The van der Waals surface area contributed by atoms with E-state index in [1.54, 1.807) is 18.5 Å². The van der Waals surface area contributed by atoms with Gasteiger partial charge in [0.2, 0.25) is 17.8 Å². The molecule has 2 N–H and O–H groups in total. The third-order valence-corrected chi connectivity index (χ3v) is 6.29. The van der Waals surface area contributed by atoms with Crippen molar-refractivity contribution >= 4 is 17.9 Å². The first kappa shape index (κ1) is 20.7. The predicted molar refractivity (Wildman–Crippen MR) is 117 cm³/mol. The van der Waals surface area contributed by atoms with Crippen LogP contribution in [-0.4, -0.2) is 94.4 Å². The second-order valence-electron chi connectivity index (χ2n) is 8.42. The van der Waals surface area contributed by atoms with Crippen LogP contribution in [-0.2, 0) is 4.74 Å². The molecule has 0 spiro atoms. The monoisotopic (exact) mass is 440 g/mol. The van der Waals surface area contributed by atoms with Crippen LogP contribution in [0.5, 0.6) is 5.88 Å². The molecule has 5 rings (SSSR count). The van der Waals surface area contributed by atoms with E-state index in [2.05, 4.69) is 19.9 Å². The lowest BCUT2D eigenvalue weighted by Gasteiger charge is -2.44. The molecule has 0 aromatic carbocycles. The molecule has 3 fully saturated rings. The number of nitrogens with zero attached hydrogens (tertiary/aromatic N) is 7. The summed E-state index contributed by atoms with van der Waals surface area (Å²) in [7, 11) is 1.88. The van der Waals surface area contributed by atoms with Crippen LogP contribution in [0.3, 0.4) is 0 Å². The first-order chi connectivity index (χ1) is 15.6. The standard InChI is InChI=1S/C21H28N8O3/c1-27(21(30)29-3-2-4-29)15-9-16(10-15)32-18-11-17(14-12-23-19(22)24-13-14)25-20(26-18)28-5-7-31-8-6-28/h11-13,15-16H,2-10H2,1H3,(H2,22,23,24). The molecule has 1 aliphatic carbocycles. The Labute approximate surface area is 186 Å². The number of ether oxygens (including phenoxy) is 2. The van der Waals surface area contributed by atoms with Crippen molar-refractivity contribution < 1.29 is 14.3 Å². The largest absolute Gasteiger partial charge is 0.474 e. The number of carbonyl (C=O) groups excluding carboxylic acids is 1. The molecule has 32 heavy (non-hydrogen) atoms. The minimum atomic E-state index is 0.00889. The van der Waals surface area contributed by atoms with Crippen LogP contribution >= 0.6 is 0 Å². The zero-order chi connectivity index (χ0) is 22.1. The van der Waals surface area contributed by atoms with Crippen molar-refractivity contribution in [3.63, 3.8) is 0 Å². The van der Waals surface area contributed by atoms with Crippen LogP contribution in [0.1, 0.15) is 19.3 Å². The van der Waals surface area contributed by atoms with E-state index in [-0.39, 0.29) is 24.1 Å². The van der Waals surface area contributed by atoms with E-state index in [1.807, 2.05) is 16.8 Å². The van der Waals surface area contributed by atoms with Gasteiger partial charge in [0.25, 0.3) is 0 Å². The lowest BCUT2D eigenvalue weighted by Crippen LogP contribution is -2.56. The average molecular weight is 441 g/mol. The summed E-state index contributed by atoms with van der Waals surface area (Å²) in [6.45, 7) is 4.43. The maximum absolute atomic E-state index is 12.4. The van der Waals surface area contributed by atoms with Gasteiger partial charge in [0.15, 0.2) is 0 Å². The molecular weight excluding hydrogens is 412 g/mol. The second-order valence-corrected chi connectivity index (χ2v) is 8.42. The van der Waals surface area contributed by atoms with Crippen molar-refractivity contribution in [3.8, 4) is 17.1 Å². The van der Waals surface area contributed by atoms with Gasteiger partial charge in [-0.1, -0.05) is 0 Å². The first-order valence-corrected chi connectivity index (χ1v) is 11.0. The fourth-order valence-corrected chi connectivity index (χ4v) is 4.00. The Morgan fingerprint density at radius 3 is 2.53 bits per heavy atom. The highest BCUT2D eigenvalue weighted by Gasteiger charge is 2.38. The van der Waals surface area contributed by atoms with Gasteiger partial charge in [-0.15, -0.1) is 0 Å². The van der Waals surface area contributed by atoms with Gasteiger partial charge in [-0.2, -0.15) is 4.98 Å². The molecule has 2 aromatic heterocycles. The van der Waals surface area contributed by atoms with Crippen LogP contribution in [0.4, 0.5) is 16.7 Å². The van der Waals surface area contributed by atoms with Gasteiger partial charge in [-0.05, 0) is 6.42 Å². The van der Waals surface area contributed by atoms with Crippen molar-refractivity contribution in [1.29, 1.82) is 0 Å². The average Bonchev–Trinajstić information content (AvgIpc) is 2.75. The van der Waals surface area contributed by atoms with Gasteiger partial charge < -0.3 is 29.9 Å². The highest BCUT2D eigenvalue weighted by atomic mass is 16.5. The highest BCUT2D eigenvalue weighted by molar-refractivity contribution is 5.75. The lowest BCUT2D eigenvalue weighted by molar-refractivity contribution is 0.0283. The minimum absolute atomic E-state index is 0.00889. The summed E-state index contributed by atoms with van der Waals surface area (Å²) in [6.07, 6.45) is 5.96. The number of aromatic nitrogens is 4. The lowest BCUT2D eigenvalue weighted by atomic mass is 9.88. The topological polar surface area (TPSA) is 123 Å². The number of carbonyl (C=O) groups is 1. The van der Waals surface area contributed by atoms with Crippen molar-refractivity contribution in [1.82, 2.24) is 29.7 Å². The van der Waals surface area contributed by atoms with Crippen molar-refractivity contribution in [2.45, 2.75) is 31.4 Å². The van der Waals surface area contributed by atoms with Crippen LogP contribution < -0.4 is 15.4 Å². The molecule has 2 amide bonds. The summed E-state index contributed by atoms with van der Waals surface area (Å²) >= 11 is 0. The zero-order valence-corrected chi connectivity index (χ0v) is 18.2. The maximum Gasteiger partial charge on any atom is 0.319 e. The van der Waals surface area contributed by atoms with E-state index in [1.165, 1.54) is 0 Å². The molecular formula is C21H28N8O3. The van der Waals surface area contributed by atoms with Crippen LogP contribution in [0.2, 0.25) is 0 Å². The summed E-state index contributed by atoms with van der Waals surface area (Å²) in [5.74, 6) is 1.32. The number of likely N-dealkylation sites (tertiary alicyclic amines) is 1. The number of urea groups is 1. The SMILES string of the molecule is CN(C(=O)N1CCC1)C1CC(Oc2cc(-c3cnc(N)nc3)nc(N3CCOCC3)n2)C1. The molecule has 11 heteroatoms. The second kappa shape index (κ2) is 8.73. The molecule has 0 bridgehead atoms. The number of anilines is 2. The fourth-order valence-electron chi connectivity index (χ4n) is 4.00. The summed E-state index contributed by atoms with van der Waals surface area (Å²) in [6, 6.07) is 2.11. The maximum atomic E-state index is 12.4. The van der Waals surface area contributed by atoms with Crippen molar-refractivity contribution in [2.24, 2.45) is 0 Å². The first-order valence-electron chi connectivity index (χ1n) is 11.0. The molecule has 0 unspecified atom stereocenters. The Kier molecular flexibility index (Phi) is 5.64. The van der Waals surface area contributed by atoms with Gasteiger partial charge in [-0.25, -0.2) is 19.7 Å². The van der Waals surface area contributed by atoms with Gasteiger partial charge in [0.1, 0.15) is 6.10 Å². The number of morpholine rings is 1. The smallest absolute Gasteiger partial charge is 0.319 e. The number of nitrogens with two attached hydrogens (primary N) is 1. The molecule has 170 valence electrons. The summed E-state index contributed by atoms with van der Waals surface area (Å²) in [5.41, 5.74) is 7.05. The van der Waals surface area contributed by atoms with Gasteiger partial charge >= 0.3 is 6.03 Å². The molecule has 11 nitrogen and oxygen atoms in total. The third kappa shape index (κ3) is 4.24. The molecule has 4 heterocycles. The number of nitrogen functional groups attached to an aromatic ring is 1. The predicted octanol–water partition coefficient (Wildman–Crippen LogP) is 1.02. The van der Waals surface area contributed by atoms with E-state index in [0.29, 0.717) is 30.7 Å². The molecule has 1 saturated carbocycles. The summed E-state index contributed by atoms with van der Waals surface area (Å²) < 4.78 is 11.7.